The molecule has 0 aliphatic carbocycles. The molecule has 0 amide bonds. The van der Waals surface area contributed by atoms with Crippen LogP contribution in [0.2, 0.25) is 0 Å². The van der Waals surface area contributed by atoms with Gasteiger partial charge in [0, 0.05) is 18.2 Å². The fraction of sp³-hybridized carbons (Fsp3) is 0.417. The molecule has 8 nitrogen and oxygen atoms in total. The van der Waals surface area contributed by atoms with Crippen LogP contribution in [-0.2, 0) is 24.3 Å². The molecule has 0 atom stereocenters. The molecule has 184 valence electrons. The first-order valence-corrected chi connectivity index (χ1v) is 12.5. The van der Waals surface area contributed by atoms with Crippen LogP contribution in [0.15, 0.2) is 30.3 Å². The van der Waals surface area contributed by atoms with Gasteiger partial charge in [0.15, 0.2) is 5.78 Å². The Morgan fingerprint density at radius 1 is 1.15 bits per heavy atom. The average Bonchev–Trinajstić information content (AvgIpc) is 2.69. The minimum absolute atomic E-state index is 0.0530. The van der Waals surface area contributed by atoms with Gasteiger partial charge in [0.05, 0.1) is 17.6 Å². The Kier molecular flexibility index (Phi) is 8.31. The summed E-state index contributed by atoms with van der Waals surface area (Å²) in [5.74, 6) is -1.80. The third-order valence-corrected chi connectivity index (χ3v) is 5.74. The lowest BCUT2D eigenvalue weighted by Crippen LogP contribution is -2.27. The molecular weight excluding hydrogens is 461 g/mol. The summed E-state index contributed by atoms with van der Waals surface area (Å²) in [5.41, 5.74) is 1.07. The number of ether oxygens (including phenoxy) is 1. The number of aromatic nitrogens is 2. The van der Waals surface area contributed by atoms with E-state index in [0.717, 1.165) is 10.6 Å². The van der Waals surface area contributed by atoms with Crippen LogP contribution < -0.4 is 4.31 Å². The van der Waals surface area contributed by atoms with Gasteiger partial charge in [-0.3, -0.25) is 9.59 Å². The van der Waals surface area contributed by atoms with Crippen molar-refractivity contribution in [3.63, 3.8) is 0 Å². The summed E-state index contributed by atoms with van der Waals surface area (Å²) in [6, 6.07) is 5.53. The Hall–Kier alpha value is -3.14. The number of hydrogen-bond acceptors (Lipinski definition) is 7. The maximum atomic E-state index is 13.5. The largest absolute Gasteiger partial charge is 0.460 e. The zero-order valence-electron chi connectivity index (χ0n) is 20.4. The fourth-order valence-corrected chi connectivity index (χ4v) is 3.33. The van der Waals surface area contributed by atoms with Gasteiger partial charge in [0.25, 0.3) is 0 Å². The van der Waals surface area contributed by atoms with E-state index in [-0.39, 0.29) is 11.9 Å². The monoisotopic (exact) mass is 491 g/mol. The van der Waals surface area contributed by atoms with Gasteiger partial charge in [-0.2, -0.15) is 0 Å². The van der Waals surface area contributed by atoms with E-state index in [4.69, 9.17) is 4.74 Å². The Labute approximate surface area is 199 Å². The first kappa shape index (κ1) is 27.1. The quantitative estimate of drug-likeness (QED) is 0.311. The highest BCUT2D eigenvalue weighted by atomic mass is 32.2. The zero-order chi connectivity index (χ0) is 25.8. The molecule has 2 rings (SSSR count). The topological polar surface area (TPSA) is 107 Å². The predicted molar refractivity (Wildman–Crippen MR) is 129 cm³/mol. The summed E-state index contributed by atoms with van der Waals surface area (Å²) in [6.45, 7) is 8.85. The van der Waals surface area contributed by atoms with E-state index in [0.29, 0.717) is 22.5 Å². The van der Waals surface area contributed by atoms with E-state index in [1.807, 2.05) is 13.8 Å². The highest BCUT2D eigenvalue weighted by molar-refractivity contribution is 7.92. The highest BCUT2D eigenvalue weighted by Crippen LogP contribution is 2.31. The Morgan fingerprint density at radius 2 is 1.74 bits per heavy atom. The van der Waals surface area contributed by atoms with E-state index in [9.17, 15) is 22.4 Å². The molecule has 0 saturated carbocycles. The fourth-order valence-electron chi connectivity index (χ4n) is 2.95. The molecule has 10 heteroatoms. The van der Waals surface area contributed by atoms with E-state index >= 15 is 0 Å². The third-order valence-electron chi connectivity index (χ3n) is 4.58. The van der Waals surface area contributed by atoms with Crippen LogP contribution in [0.1, 0.15) is 58.2 Å². The van der Waals surface area contributed by atoms with Gasteiger partial charge < -0.3 is 4.74 Å². The van der Waals surface area contributed by atoms with Crippen LogP contribution in [0, 0.1) is 5.82 Å². The second-order valence-corrected chi connectivity index (χ2v) is 11.1. The normalized spacial score (nSPS) is 12.3. The summed E-state index contributed by atoms with van der Waals surface area (Å²) in [4.78, 5) is 33.3. The molecule has 0 fully saturated rings. The standard InChI is InChI=1S/C24H30FN3O5S/c1-15(2)21-19(13-12-18(29)14-20(30)33-24(3,4)5)22(16-8-10-17(25)11-9-16)27-23(26-21)28(6)34(7,31)32/h8-13,15H,14H2,1-7H3. The average molecular weight is 492 g/mol. The number of anilines is 1. The van der Waals surface area contributed by atoms with E-state index in [1.165, 1.54) is 43.5 Å². The lowest BCUT2D eigenvalue weighted by molar-refractivity contribution is -0.155. The van der Waals surface area contributed by atoms with Crippen molar-refractivity contribution in [2.24, 2.45) is 0 Å². The molecule has 34 heavy (non-hydrogen) atoms. The number of rotatable bonds is 8. The van der Waals surface area contributed by atoms with E-state index < -0.39 is 39.6 Å². The smallest absolute Gasteiger partial charge is 0.314 e. The molecular formula is C24H30FN3O5S. The summed E-state index contributed by atoms with van der Waals surface area (Å²) in [5, 5.41) is 0. The number of halogens is 1. The zero-order valence-corrected chi connectivity index (χ0v) is 21.2. The number of carbonyl (C=O) groups excluding carboxylic acids is 2. The lowest BCUT2D eigenvalue weighted by atomic mass is 9.97. The van der Waals surface area contributed by atoms with Crippen LogP contribution in [0.4, 0.5) is 10.3 Å². The van der Waals surface area contributed by atoms with E-state index in [2.05, 4.69) is 9.97 Å². The Bertz CT molecular complexity index is 1200. The second-order valence-electron chi connectivity index (χ2n) is 9.13. The summed E-state index contributed by atoms with van der Waals surface area (Å²) >= 11 is 0. The molecule has 0 radical (unpaired) electrons. The predicted octanol–water partition coefficient (Wildman–Crippen LogP) is 4.12. The minimum Gasteiger partial charge on any atom is -0.460 e. The molecule has 1 aromatic carbocycles. The Morgan fingerprint density at radius 3 is 2.24 bits per heavy atom. The van der Waals surface area contributed by atoms with Gasteiger partial charge in [0.2, 0.25) is 16.0 Å². The molecule has 0 saturated heterocycles. The van der Waals surface area contributed by atoms with Gasteiger partial charge in [-0.25, -0.2) is 27.1 Å². The van der Waals surface area contributed by atoms with Crippen molar-refractivity contribution in [2.45, 2.75) is 52.6 Å². The molecule has 1 heterocycles. The van der Waals surface area contributed by atoms with Gasteiger partial charge >= 0.3 is 5.97 Å². The van der Waals surface area contributed by atoms with Gasteiger partial charge in [0.1, 0.15) is 17.8 Å². The number of nitrogens with zero attached hydrogens (tertiary/aromatic N) is 3. The minimum atomic E-state index is -3.65. The number of carbonyl (C=O) groups is 2. The number of benzene rings is 1. The van der Waals surface area contributed by atoms with Crippen molar-refractivity contribution in [3.8, 4) is 11.3 Å². The second kappa shape index (κ2) is 10.4. The van der Waals surface area contributed by atoms with Crippen LogP contribution >= 0.6 is 0 Å². The summed E-state index contributed by atoms with van der Waals surface area (Å²) in [6.07, 6.45) is 3.32. The maximum Gasteiger partial charge on any atom is 0.314 e. The Balaban J connectivity index is 2.60. The SMILES string of the molecule is CC(C)c1nc(N(C)S(C)(=O)=O)nc(-c2ccc(F)cc2)c1C=CC(=O)CC(=O)OC(C)(C)C. The van der Waals surface area contributed by atoms with Crippen molar-refractivity contribution in [2.75, 3.05) is 17.6 Å². The number of esters is 1. The van der Waals surface area contributed by atoms with Crippen LogP contribution in [0.3, 0.4) is 0 Å². The van der Waals surface area contributed by atoms with Crippen LogP contribution in [-0.4, -0.2) is 49.0 Å². The third kappa shape index (κ3) is 7.44. The van der Waals surface area contributed by atoms with Crippen molar-refractivity contribution >= 4 is 33.8 Å². The van der Waals surface area contributed by atoms with Crippen LogP contribution in [0.5, 0.6) is 0 Å². The van der Waals surface area contributed by atoms with Gasteiger partial charge in [-0.1, -0.05) is 13.8 Å². The van der Waals surface area contributed by atoms with Crippen LogP contribution in [0.25, 0.3) is 17.3 Å². The number of allylic oxidation sites excluding steroid dienone is 1. The number of ketones is 1. The molecule has 0 N–H and O–H groups in total. The molecule has 2 aromatic rings. The number of sulfonamides is 1. The molecule has 0 spiro atoms. The molecule has 0 aliphatic heterocycles. The molecule has 0 bridgehead atoms. The molecule has 0 aliphatic rings. The maximum absolute atomic E-state index is 13.5. The number of hydrogen-bond donors (Lipinski definition) is 0. The summed E-state index contributed by atoms with van der Waals surface area (Å²) < 4.78 is 43.9. The lowest BCUT2D eigenvalue weighted by Gasteiger charge is -2.20. The van der Waals surface area contributed by atoms with Crippen molar-refractivity contribution in [1.29, 1.82) is 0 Å². The van der Waals surface area contributed by atoms with Crippen molar-refractivity contribution in [1.82, 2.24) is 9.97 Å². The van der Waals surface area contributed by atoms with Crippen molar-refractivity contribution in [3.05, 3.63) is 47.4 Å². The molecule has 1 aromatic heterocycles. The van der Waals surface area contributed by atoms with Gasteiger partial charge in [-0.15, -0.1) is 0 Å². The highest BCUT2D eigenvalue weighted by Gasteiger charge is 2.23. The summed E-state index contributed by atoms with van der Waals surface area (Å²) in [7, 11) is -2.31. The van der Waals surface area contributed by atoms with Gasteiger partial charge in [-0.05, 0) is 63.1 Å². The molecule has 0 unspecified atom stereocenters. The van der Waals surface area contributed by atoms with Crippen molar-refractivity contribution < 1.29 is 27.1 Å². The first-order chi connectivity index (χ1) is 15.6. The first-order valence-electron chi connectivity index (χ1n) is 10.6. The van der Waals surface area contributed by atoms with E-state index in [1.54, 1.807) is 20.8 Å².